The first-order valence-corrected chi connectivity index (χ1v) is 12.1. The SMILES string of the molecule is COc1ccc(OC)c(C2C3=C(CC(C)(C)CC3=O)Nc3nc(SCC(C)C)[nH]c(=O)c32)c1. The van der Waals surface area contributed by atoms with E-state index < -0.39 is 5.92 Å². The van der Waals surface area contributed by atoms with Crippen molar-refractivity contribution < 1.29 is 14.3 Å². The number of rotatable bonds is 6. The third-order valence-corrected chi connectivity index (χ3v) is 7.30. The van der Waals surface area contributed by atoms with Gasteiger partial charge in [-0.15, -0.1) is 0 Å². The molecule has 0 amide bonds. The molecule has 4 rings (SSSR count). The molecule has 0 bridgehead atoms. The molecular formula is C25H31N3O4S. The number of thioether (sulfide) groups is 1. The van der Waals surface area contributed by atoms with Gasteiger partial charge in [0.15, 0.2) is 10.9 Å². The molecule has 0 fully saturated rings. The number of carbonyl (C=O) groups excluding carboxylic acids is 1. The highest BCUT2D eigenvalue weighted by Gasteiger charge is 2.43. The van der Waals surface area contributed by atoms with Gasteiger partial charge in [0, 0.05) is 29.0 Å². The van der Waals surface area contributed by atoms with Gasteiger partial charge in [0.25, 0.3) is 5.56 Å². The van der Waals surface area contributed by atoms with Crippen LogP contribution in [0.3, 0.4) is 0 Å². The lowest BCUT2D eigenvalue weighted by molar-refractivity contribution is -0.118. The number of anilines is 1. The molecule has 33 heavy (non-hydrogen) atoms. The van der Waals surface area contributed by atoms with Crippen molar-refractivity contribution >= 4 is 23.4 Å². The molecule has 1 aliphatic carbocycles. The summed E-state index contributed by atoms with van der Waals surface area (Å²) in [6, 6.07) is 5.46. The number of Topliss-reactive ketones (excluding diaryl/α,β-unsaturated/α-hetero) is 1. The van der Waals surface area contributed by atoms with Crippen LogP contribution in [0, 0.1) is 11.3 Å². The van der Waals surface area contributed by atoms with Crippen molar-refractivity contribution in [2.45, 2.75) is 51.6 Å². The summed E-state index contributed by atoms with van der Waals surface area (Å²) in [4.78, 5) is 34.6. The smallest absolute Gasteiger partial charge is 0.257 e. The van der Waals surface area contributed by atoms with E-state index in [0.29, 0.717) is 52.4 Å². The highest BCUT2D eigenvalue weighted by atomic mass is 32.2. The molecule has 1 aromatic heterocycles. The Kier molecular flexibility index (Phi) is 6.31. The first-order chi connectivity index (χ1) is 15.6. The summed E-state index contributed by atoms with van der Waals surface area (Å²) >= 11 is 1.52. The van der Waals surface area contributed by atoms with Crippen LogP contribution in [-0.4, -0.2) is 35.7 Å². The largest absolute Gasteiger partial charge is 0.497 e. The molecule has 0 saturated heterocycles. The van der Waals surface area contributed by atoms with Crippen molar-refractivity contribution in [1.82, 2.24) is 9.97 Å². The van der Waals surface area contributed by atoms with E-state index in [2.05, 4.69) is 38.0 Å². The lowest BCUT2D eigenvalue weighted by Gasteiger charge is -2.38. The number of aromatic nitrogens is 2. The zero-order valence-electron chi connectivity index (χ0n) is 20.0. The number of hydrogen-bond donors (Lipinski definition) is 2. The number of nitrogens with one attached hydrogen (secondary N) is 2. The fourth-order valence-corrected chi connectivity index (χ4v) is 5.40. The van der Waals surface area contributed by atoms with Gasteiger partial charge in [-0.3, -0.25) is 9.59 Å². The van der Waals surface area contributed by atoms with Crippen LogP contribution in [0.25, 0.3) is 0 Å². The topological polar surface area (TPSA) is 93.3 Å². The van der Waals surface area contributed by atoms with Gasteiger partial charge in [-0.1, -0.05) is 39.5 Å². The molecule has 176 valence electrons. The van der Waals surface area contributed by atoms with Crippen LogP contribution in [0.15, 0.2) is 39.4 Å². The second-order valence-corrected chi connectivity index (χ2v) is 10.8. The third-order valence-electron chi connectivity index (χ3n) is 6.00. The zero-order chi connectivity index (χ0) is 23.9. The van der Waals surface area contributed by atoms with Crippen molar-refractivity contribution in [3.05, 3.63) is 50.9 Å². The fraction of sp³-hybridized carbons (Fsp3) is 0.480. The van der Waals surface area contributed by atoms with Crippen LogP contribution >= 0.6 is 11.8 Å². The number of nitrogens with zero attached hydrogens (tertiary/aromatic N) is 1. The summed E-state index contributed by atoms with van der Waals surface area (Å²) < 4.78 is 11.1. The molecule has 2 aromatic rings. The third kappa shape index (κ3) is 4.53. The Morgan fingerprint density at radius 3 is 2.61 bits per heavy atom. The molecular weight excluding hydrogens is 438 g/mol. The Balaban J connectivity index is 1.95. The van der Waals surface area contributed by atoms with Gasteiger partial charge in [0.1, 0.15) is 17.3 Å². The second kappa shape index (κ2) is 8.89. The molecule has 0 radical (unpaired) electrons. The summed E-state index contributed by atoms with van der Waals surface area (Å²) in [7, 11) is 3.18. The summed E-state index contributed by atoms with van der Waals surface area (Å²) in [5, 5.41) is 3.93. The Morgan fingerprint density at radius 1 is 1.18 bits per heavy atom. The maximum absolute atomic E-state index is 13.4. The van der Waals surface area contributed by atoms with Crippen molar-refractivity contribution in [3.63, 3.8) is 0 Å². The summed E-state index contributed by atoms with van der Waals surface area (Å²) in [6.45, 7) is 8.42. The normalized spacial score (nSPS) is 19.1. The van der Waals surface area contributed by atoms with Gasteiger partial charge in [-0.05, 0) is 36.0 Å². The number of carbonyl (C=O) groups is 1. The number of H-pyrrole nitrogens is 1. The Hall–Kier alpha value is -2.74. The number of methoxy groups -OCH3 is 2. The summed E-state index contributed by atoms with van der Waals surface area (Å²) in [5.41, 5.74) is 2.16. The number of fused-ring (bicyclic) bond motifs is 1. The van der Waals surface area contributed by atoms with E-state index in [1.54, 1.807) is 20.3 Å². The summed E-state index contributed by atoms with van der Waals surface area (Å²) in [5.74, 6) is 2.47. The van der Waals surface area contributed by atoms with E-state index in [1.807, 2.05) is 12.1 Å². The lowest BCUT2D eigenvalue weighted by atomic mass is 9.69. The molecule has 0 spiro atoms. The van der Waals surface area contributed by atoms with Crippen LogP contribution in [0.5, 0.6) is 11.5 Å². The Labute approximate surface area is 198 Å². The van der Waals surface area contributed by atoms with E-state index in [9.17, 15) is 9.59 Å². The van der Waals surface area contributed by atoms with Gasteiger partial charge in [-0.25, -0.2) is 4.98 Å². The van der Waals surface area contributed by atoms with Gasteiger partial charge in [0.05, 0.1) is 25.7 Å². The Bertz CT molecular complexity index is 1180. The van der Waals surface area contributed by atoms with Crippen molar-refractivity contribution in [3.8, 4) is 11.5 Å². The van der Waals surface area contributed by atoms with Crippen LogP contribution in [0.1, 0.15) is 57.6 Å². The van der Waals surface area contributed by atoms with Gasteiger partial charge < -0.3 is 19.8 Å². The number of allylic oxidation sites excluding steroid dienone is 2. The monoisotopic (exact) mass is 469 g/mol. The number of aromatic amines is 1. The average molecular weight is 470 g/mol. The predicted molar refractivity (Wildman–Crippen MR) is 130 cm³/mol. The summed E-state index contributed by atoms with van der Waals surface area (Å²) in [6.07, 6.45) is 1.11. The minimum atomic E-state index is -0.592. The second-order valence-electron chi connectivity index (χ2n) is 9.84. The van der Waals surface area contributed by atoms with E-state index in [1.165, 1.54) is 11.8 Å². The Morgan fingerprint density at radius 2 is 1.94 bits per heavy atom. The standard InChI is InChI=1S/C25H31N3O4S/c1-13(2)12-33-24-27-22-21(23(30)28-24)19(15-9-14(31-5)7-8-18(15)32-6)20-16(26-22)10-25(3,4)11-17(20)29/h7-9,13,19H,10-12H2,1-6H3,(H2,26,27,28,30). The van der Waals surface area contributed by atoms with Crippen LogP contribution < -0.4 is 20.3 Å². The maximum Gasteiger partial charge on any atom is 0.257 e. The van der Waals surface area contributed by atoms with Crippen LogP contribution in [-0.2, 0) is 4.79 Å². The maximum atomic E-state index is 13.4. The molecule has 2 N–H and O–H groups in total. The van der Waals surface area contributed by atoms with E-state index in [4.69, 9.17) is 14.5 Å². The lowest BCUT2D eigenvalue weighted by Crippen LogP contribution is -2.37. The average Bonchev–Trinajstić information content (AvgIpc) is 2.74. The van der Waals surface area contributed by atoms with E-state index in [-0.39, 0.29) is 16.8 Å². The van der Waals surface area contributed by atoms with Crippen molar-refractivity contribution in [2.75, 3.05) is 25.3 Å². The number of ketones is 1. The molecule has 1 atom stereocenters. The number of ether oxygens (including phenoxy) is 2. The molecule has 1 aliphatic heterocycles. The van der Waals surface area contributed by atoms with Gasteiger partial charge in [-0.2, -0.15) is 0 Å². The van der Waals surface area contributed by atoms with E-state index in [0.717, 1.165) is 17.0 Å². The minimum absolute atomic E-state index is 0.0342. The van der Waals surface area contributed by atoms with Crippen molar-refractivity contribution in [1.29, 1.82) is 0 Å². The van der Waals surface area contributed by atoms with Crippen LogP contribution in [0.4, 0.5) is 5.82 Å². The highest BCUT2D eigenvalue weighted by molar-refractivity contribution is 7.99. The molecule has 1 unspecified atom stereocenters. The van der Waals surface area contributed by atoms with Crippen LogP contribution in [0.2, 0.25) is 0 Å². The molecule has 2 heterocycles. The van der Waals surface area contributed by atoms with E-state index >= 15 is 0 Å². The molecule has 2 aliphatic rings. The number of hydrogen-bond acceptors (Lipinski definition) is 7. The predicted octanol–water partition coefficient (Wildman–Crippen LogP) is 4.74. The molecule has 7 nitrogen and oxygen atoms in total. The highest BCUT2D eigenvalue weighted by Crippen LogP contribution is 2.49. The van der Waals surface area contributed by atoms with Gasteiger partial charge >= 0.3 is 0 Å². The number of benzene rings is 1. The first kappa shape index (κ1) is 23.4. The minimum Gasteiger partial charge on any atom is -0.497 e. The fourth-order valence-electron chi connectivity index (χ4n) is 4.58. The molecule has 1 aromatic carbocycles. The molecule has 0 saturated carbocycles. The molecule has 8 heteroatoms. The first-order valence-electron chi connectivity index (χ1n) is 11.2. The zero-order valence-corrected chi connectivity index (χ0v) is 20.8. The van der Waals surface area contributed by atoms with Gasteiger partial charge in [0.2, 0.25) is 0 Å². The van der Waals surface area contributed by atoms with Crippen molar-refractivity contribution in [2.24, 2.45) is 11.3 Å². The quantitative estimate of drug-likeness (QED) is 0.466.